The Bertz CT molecular complexity index is 345. The maximum absolute atomic E-state index is 12.3. The van der Waals surface area contributed by atoms with E-state index in [9.17, 15) is 8.42 Å². The van der Waals surface area contributed by atoms with E-state index in [1.807, 2.05) is 13.8 Å². The maximum atomic E-state index is 12.3. The molecule has 94 valence electrons. The van der Waals surface area contributed by atoms with Crippen LogP contribution < -0.4 is 5.32 Å². The molecule has 1 N–H and O–H groups in total. The molecule has 0 aromatic carbocycles. The minimum absolute atomic E-state index is 0.236. The van der Waals surface area contributed by atoms with Gasteiger partial charge in [-0.2, -0.15) is 4.31 Å². The van der Waals surface area contributed by atoms with Gasteiger partial charge in [0.25, 0.3) is 0 Å². The summed E-state index contributed by atoms with van der Waals surface area (Å²) in [5.41, 5.74) is -0.287. The van der Waals surface area contributed by atoms with E-state index in [0.29, 0.717) is 6.54 Å². The number of hydrogen-bond donors (Lipinski definition) is 1. The van der Waals surface area contributed by atoms with Crippen molar-refractivity contribution in [3.05, 3.63) is 0 Å². The molecule has 16 heavy (non-hydrogen) atoms. The molecular weight excluding hydrogens is 224 g/mol. The van der Waals surface area contributed by atoms with E-state index in [1.165, 1.54) is 12.8 Å². The monoisotopic (exact) mass is 246 g/mol. The molecule has 0 aromatic heterocycles. The predicted molar refractivity (Wildman–Crippen MR) is 64.8 cm³/mol. The summed E-state index contributed by atoms with van der Waals surface area (Å²) in [7, 11) is -3.08. The van der Waals surface area contributed by atoms with Crippen molar-refractivity contribution in [1.82, 2.24) is 9.62 Å². The van der Waals surface area contributed by atoms with Crippen molar-refractivity contribution in [2.45, 2.75) is 51.1 Å². The molecule has 0 aromatic rings. The average Bonchev–Trinajstić information content (AvgIpc) is 2.61. The molecular formula is C11H22N2O2S. The van der Waals surface area contributed by atoms with Crippen LogP contribution in [0, 0.1) is 0 Å². The van der Waals surface area contributed by atoms with Gasteiger partial charge in [-0.15, -0.1) is 0 Å². The minimum Gasteiger partial charge on any atom is -0.314 e. The first-order valence-corrected chi connectivity index (χ1v) is 7.77. The molecule has 0 bridgehead atoms. The van der Waals surface area contributed by atoms with Gasteiger partial charge in [-0.05, 0) is 26.7 Å². The lowest BCUT2D eigenvalue weighted by Crippen LogP contribution is -2.54. The van der Waals surface area contributed by atoms with Gasteiger partial charge in [-0.25, -0.2) is 8.42 Å². The number of nitrogens with one attached hydrogen (secondary N) is 1. The van der Waals surface area contributed by atoms with E-state index in [1.54, 1.807) is 4.31 Å². The third-order valence-corrected chi connectivity index (χ3v) is 5.76. The first-order chi connectivity index (χ1) is 7.43. The third kappa shape index (κ3) is 2.26. The zero-order valence-corrected chi connectivity index (χ0v) is 11.0. The second-order valence-electron chi connectivity index (χ2n) is 5.54. The highest BCUT2D eigenvalue weighted by molar-refractivity contribution is 7.89. The quantitative estimate of drug-likeness (QED) is 0.749. The Balaban J connectivity index is 2.32. The molecule has 4 nitrogen and oxygen atoms in total. The second-order valence-corrected chi connectivity index (χ2v) is 7.50. The van der Waals surface area contributed by atoms with Crippen molar-refractivity contribution in [1.29, 1.82) is 0 Å². The van der Waals surface area contributed by atoms with Crippen molar-refractivity contribution in [3.8, 4) is 0 Å². The molecule has 1 aliphatic heterocycles. The van der Waals surface area contributed by atoms with Crippen LogP contribution in [-0.2, 0) is 10.0 Å². The zero-order chi connectivity index (χ0) is 11.8. The molecule has 0 unspecified atom stereocenters. The van der Waals surface area contributed by atoms with Crippen LogP contribution >= 0.6 is 0 Å². The summed E-state index contributed by atoms with van der Waals surface area (Å²) in [6.07, 6.45) is 4.39. The molecule has 2 fully saturated rings. The Labute approximate surface area is 98.4 Å². The van der Waals surface area contributed by atoms with Crippen molar-refractivity contribution in [3.63, 3.8) is 0 Å². The highest BCUT2D eigenvalue weighted by Gasteiger charge is 2.43. The SMILES string of the molecule is CC1(C)CNCCS(=O)(=O)N1C1CCCC1. The molecule has 0 amide bonds. The summed E-state index contributed by atoms with van der Waals surface area (Å²) >= 11 is 0. The van der Waals surface area contributed by atoms with E-state index < -0.39 is 10.0 Å². The Morgan fingerprint density at radius 1 is 1.25 bits per heavy atom. The van der Waals surface area contributed by atoms with Crippen molar-refractivity contribution in [2.24, 2.45) is 0 Å². The molecule has 2 aliphatic rings. The first kappa shape index (κ1) is 12.3. The molecule has 0 spiro atoms. The van der Waals surface area contributed by atoms with E-state index in [4.69, 9.17) is 0 Å². The number of hydrogen-bond acceptors (Lipinski definition) is 3. The van der Waals surface area contributed by atoms with Gasteiger partial charge in [0.1, 0.15) is 0 Å². The molecule has 1 aliphatic carbocycles. The zero-order valence-electron chi connectivity index (χ0n) is 10.2. The van der Waals surface area contributed by atoms with Gasteiger partial charge < -0.3 is 5.32 Å². The Kier molecular flexibility index (Phi) is 3.29. The van der Waals surface area contributed by atoms with Gasteiger partial charge in [0.05, 0.1) is 5.75 Å². The lowest BCUT2D eigenvalue weighted by molar-refractivity contribution is 0.177. The lowest BCUT2D eigenvalue weighted by Gasteiger charge is -2.39. The van der Waals surface area contributed by atoms with Gasteiger partial charge in [-0.3, -0.25) is 0 Å². The van der Waals surface area contributed by atoms with Crippen LogP contribution in [0.15, 0.2) is 0 Å². The molecule has 1 saturated heterocycles. The topological polar surface area (TPSA) is 49.4 Å². The van der Waals surface area contributed by atoms with Gasteiger partial charge in [0, 0.05) is 24.7 Å². The standard InChI is InChI=1S/C11H22N2O2S/c1-11(2)9-12-7-8-16(14,15)13(11)10-5-3-4-6-10/h10,12H,3-9H2,1-2H3. The van der Waals surface area contributed by atoms with Gasteiger partial charge in [0.15, 0.2) is 0 Å². The van der Waals surface area contributed by atoms with E-state index in [2.05, 4.69) is 5.32 Å². The molecule has 0 atom stereocenters. The first-order valence-electron chi connectivity index (χ1n) is 6.16. The summed E-state index contributed by atoms with van der Waals surface area (Å²) in [5.74, 6) is 0.243. The molecule has 0 radical (unpaired) electrons. The Morgan fingerprint density at radius 2 is 1.88 bits per heavy atom. The fraction of sp³-hybridized carbons (Fsp3) is 1.00. The predicted octanol–water partition coefficient (Wildman–Crippen LogP) is 0.943. The fourth-order valence-corrected chi connectivity index (χ4v) is 5.09. The van der Waals surface area contributed by atoms with Crippen LogP contribution in [0.4, 0.5) is 0 Å². The maximum Gasteiger partial charge on any atom is 0.216 e. The Hall–Kier alpha value is -0.130. The second kappa shape index (κ2) is 4.27. The summed E-state index contributed by atoms with van der Waals surface area (Å²) < 4.78 is 26.4. The summed E-state index contributed by atoms with van der Waals surface area (Å²) in [6.45, 7) is 5.39. The summed E-state index contributed by atoms with van der Waals surface area (Å²) in [6, 6.07) is 0.236. The molecule has 5 heteroatoms. The van der Waals surface area contributed by atoms with E-state index in [0.717, 1.165) is 19.4 Å². The van der Waals surface area contributed by atoms with Crippen molar-refractivity contribution in [2.75, 3.05) is 18.8 Å². The highest BCUT2D eigenvalue weighted by Crippen LogP contribution is 2.32. The summed E-state index contributed by atoms with van der Waals surface area (Å²) in [5, 5.41) is 3.23. The van der Waals surface area contributed by atoms with Gasteiger partial charge in [0.2, 0.25) is 10.0 Å². The highest BCUT2D eigenvalue weighted by atomic mass is 32.2. The van der Waals surface area contributed by atoms with Gasteiger partial charge in [-0.1, -0.05) is 12.8 Å². The molecule has 1 heterocycles. The number of sulfonamides is 1. The normalized spacial score (nSPS) is 31.4. The van der Waals surface area contributed by atoms with Crippen LogP contribution in [0.25, 0.3) is 0 Å². The number of rotatable bonds is 1. The van der Waals surface area contributed by atoms with E-state index >= 15 is 0 Å². The van der Waals surface area contributed by atoms with Crippen molar-refractivity contribution < 1.29 is 8.42 Å². The lowest BCUT2D eigenvalue weighted by atomic mass is 10.0. The average molecular weight is 246 g/mol. The van der Waals surface area contributed by atoms with Crippen LogP contribution in [0.2, 0.25) is 0 Å². The van der Waals surface area contributed by atoms with Crippen LogP contribution in [0.3, 0.4) is 0 Å². The molecule has 1 saturated carbocycles. The third-order valence-electron chi connectivity index (χ3n) is 3.65. The smallest absolute Gasteiger partial charge is 0.216 e. The van der Waals surface area contributed by atoms with E-state index in [-0.39, 0.29) is 17.3 Å². The molecule has 2 rings (SSSR count). The van der Waals surface area contributed by atoms with Crippen molar-refractivity contribution >= 4 is 10.0 Å². The Morgan fingerprint density at radius 3 is 2.50 bits per heavy atom. The largest absolute Gasteiger partial charge is 0.314 e. The van der Waals surface area contributed by atoms with Crippen LogP contribution in [0.5, 0.6) is 0 Å². The number of nitrogens with zero attached hydrogens (tertiary/aromatic N) is 1. The fourth-order valence-electron chi connectivity index (χ4n) is 3.01. The van der Waals surface area contributed by atoms with Crippen LogP contribution in [-0.4, -0.2) is 43.1 Å². The minimum atomic E-state index is -3.08. The van der Waals surface area contributed by atoms with Gasteiger partial charge >= 0.3 is 0 Å². The summed E-state index contributed by atoms with van der Waals surface area (Å²) in [4.78, 5) is 0. The van der Waals surface area contributed by atoms with Crippen LogP contribution in [0.1, 0.15) is 39.5 Å².